The maximum Gasteiger partial charge on any atom is 0.260 e. The van der Waals surface area contributed by atoms with Gasteiger partial charge in [0.1, 0.15) is 5.76 Å². The van der Waals surface area contributed by atoms with Gasteiger partial charge in [-0.25, -0.2) is 4.98 Å². The molecule has 2 aromatic carbocycles. The van der Waals surface area contributed by atoms with Crippen LogP contribution in [0.25, 0.3) is 22.5 Å². The number of aliphatic hydroxyl groups is 2. The Hall–Kier alpha value is -3.06. The van der Waals surface area contributed by atoms with E-state index in [0.717, 1.165) is 29.5 Å². The topological polar surface area (TPSA) is 91.7 Å². The van der Waals surface area contributed by atoms with E-state index in [1.165, 1.54) is 13.3 Å². The number of benzene rings is 2. The van der Waals surface area contributed by atoms with Crippen LogP contribution in [0.4, 0.5) is 5.69 Å². The van der Waals surface area contributed by atoms with Gasteiger partial charge in [0, 0.05) is 34.4 Å². The second-order valence-electron chi connectivity index (χ2n) is 8.16. The van der Waals surface area contributed by atoms with E-state index < -0.39 is 5.91 Å². The van der Waals surface area contributed by atoms with E-state index in [-0.39, 0.29) is 35.8 Å². The average Bonchev–Trinajstić information content (AvgIpc) is 3.55. The molecule has 3 N–H and O–H groups in total. The quantitative estimate of drug-likeness (QED) is 0.340. The average molecular weight is 485 g/mol. The Labute approximate surface area is 202 Å². The lowest BCUT2D eigenvalue weighted by atomic mass is 9.93. The lowest BCUT2D eigenvalue weighted by Crippen LogP contribution is -2.11. The molecule has 0 unspecified atom stereocenters. The standard InChI is InChI=1S/C25H21ClN2O4.ClH/c1-32-21-7-4-15(12-27-21)23(30)22-18-10-17(19(26)11-20(18)28-24(22)31)14-2-5-16(6-3-14)25(13-29)8-9-25;/h2-7,10-12,29-30H,8-9,13H2,1H3,(H,28,31);1H/b23-22+;. The van der Waals surface area contributed by atoms with Crippen LogP contribution in [0.1, 0.15) is 29.5 Å². The molecule has 0 atom stereocenters. The monoisotopic (exact) mass is 484 g/mol. The van der Waals surface area contributed by atoms with Crippen LogP contribution in [0.5, 0.6) is 5.88 Å². The zero-order valence-electron chi connectivity index (χ0n) is 17.8. The van der Waals surface area contributed by atoms with Gasteiger partial charge >= 0.3 is 0 Å². The number of anilines is 1. The lowest BCUT2D eigenvalue weighted by molar-refractivity contribution is -0.110. The molecule has 33 heavy (non-hydrogen) atoms. The summed E-state index contributed by atoms with van der Waals surface area (Å²) in [5, 5.41) is 23.8. The zero-order valence-corrected chi connectivity index (χ0v) is 19.3. The number of hydrogen-bond acceptors (Lipinski definition) is 5. The molecule has 0 bridgehead atoms. The summed E-state index contributed by atoms with van der Waals surface area (Å²) in [4.78, 5) is 16.8. The molecule has 6 nitrogen and oxygen atoms in total. The number of rotatable bonds is 5. The van der Waals surface area contributed by atoms with E-state index in [1.807, 2.05) is 30.3 Å². The predicted octanol–water partition coefficient (Wildman–Crippen LogP) is 5.23. The van der Waals surface area contributed by atoms with Crippen LogP contribution in [0.3, 0.4) is 0 Å². The number of carbonyl (C=O) groups excluding carboxylic acids is 1. The Balaban J connectivity index is 0.00000259. The van der Waals surface area contributed by atoms with Gasteiger partial charge in [-0.1, -0.05) is 35.9 Å². The summed E-state index contributed by atoms with van der Waals surface area (Å²) in [5.74, 6) is -0.163. The van der Waals surface area contributed by atoms with Gasteiger partial charge in [0.2, 0.25) is 5.88 Å². The Morgan fingerprint density at radius 1 is 1.15 bits per heavy atom. The largest absolute Gasteiger partial charge is 0.506 e. The fourth-order valence-corrected chi connectivity index (χ4v) is 4.40. The third-order valence-corrected chi connectivity index (χ3v) is 6.58. The van der Waals surface area contributed by atoms with Crippen molar-refractivity contribution in [1.29, 1.82) is 0 Å². The number of ether oxygens (including phenoxy) is 1. The number of hydrogen-bond donors (Lipinski definition) is 3. The molecule has 0 saturated heterocycles. The first-order valence-corrected chi connectivity index (χ1v) is 10.6. The molecule has 0 radical (unpaired) electrons. The molecule has 2 heterocycles. The fourth-order valence-electron chi connectivity index (χ4n) is 4.12. The van der Waals surface area contributed by atoms with Crippen molar-refractivity contribution in [2.24, 2.45) is 0 Å². The third-order valence-electron chi connectivity index (χ3n) is 6.27. The molecule has 2 aliphatic rings. The summed E-state index contributed by atoms with van der Waals surface area (Å²) in [6.45, 7) is 0.146. The predicted molar refractivity (Wildman–Crippen MR) is 131 cm³/mol. The Morgan fingerprint density at radius 3 is 2.45 bits per heavy atom. The molecule has 1 aliphatic carbocycles. The highest BCUT2D eigenvalue weighted by atomic mass is 35.5. The minimum atomic E-state index is -0.407. The first kappa shape index (κ1) is 23.1. The highest BCUT2D eigenvalue weighted by Crippen LogP contribution is 2.48. The lowest BCUT2D eigenvalue weighted by Gasteiger charge is -2.14. The van der Waals surface area contributed by atoms with E-state index in [9.17, 15) is 15.0 Å². The number of fused-ring (bicyclic) bond motifs is 1. The van der Waals surface area contributed by atoms with Gasteiger partial charge in [-0.05, 0) is 42.2 Å². The van der Waals surface area contributed by atoms with E-state index in [0.29, 0.717) is 27.7 Å². The maximum atomic E-state index is 12.7. The summed E-state index contributed by atoms with van der Waals surface area (Å²) < 4.78 is 5.05. The van der Waals surface area contributed by atoms with Crippen molar-refractivity contribution in [3.05, 3.63) is 76.4 Å². The van der Waals surface area contributed by atoms with Gasteiger partial charge in [-0.15, -0.1) is 12.4 Å². The SMILES string of the molecule is COc1ccc(/C(O)=C2\C(=O)Nc3cc(Cl)c(-c4ccc(C5(CO)CC5)cc4)cc32)cn1.Cl. The number of nitrogens with one attached hydrogen (secondary N) is 1. The second-order valence-corrected chi connectivity index (χ2v) is 8.57. The van der Waals surface area contributed by atoms with Crippen LogP contribution < -0.4 is 10.1 Å². The number of aliphatic hydroxyl groups excluding tert-OH is 2. The van der Waals surface area contributed by atoms with Gasteiger partial charge in [0.05, 0.1) is 30.0 Å². The summed E-state index contributed by atoms with van der Waals surface area (Å²) in [6, 6.07) is 14.7. The third kappa shape index (κ3) is 3.95. The Kier molecular flexibility index (Phi) is 6.10. The summed E-state index contributed by atoms with van der Waals surface area (Å²) >= 11 is 6.54. The summed E-state index contributed by atoms with van der Waals surface area (Å²) in [7, 11) is 1.51. The molecule has 1 aliphatic heterocycles. The van der Waals surface area contributed by atoms with E-state index >= 15 is 0 Å². The number of aromatic nitrogens is 1. The number of amides is 1. The highest BCUT2D eigenvalue weighted by molar-refractivity contribution is 6.38. The normalized spacial score (nSPS) is 17.0. The minimum Gasteiger partial charge on any atom is -0.506 e. The van der Waals surface area contributed by atoms with Gasteiger partial charge in [-0.2, -0.15) is 0 Å². The van der Waals surface area contributed by atoms with Crippen LogP contribution in [0.2, 0.25) is 5.02 Å². The second kappa shape index (κ2) is 8.71. The number of nitrogens with zero attached hydrogens (tertiary/aromatic N) is 1. The molecule has 3 aromatic rings. The number of pyridine rings is 1. The molecule has 5 rings (SSSR count). The van der Waals surface area contributed by atoms with E-state index in [4.69, 9.17) is 16.3 Å². The number of methoxy groups -OCH3 is 1. The molecule has 1 saturated carbocycles. The van der Waals surface area contributed by atoms with Gasteiger partial charge < -0.3 is 20.3 Å². The van der Waals surface area contributed by atoms with Crippen LogP contribution in [0, 0.1) is 0 Å². The molecule has 1 aromatic heterocycles. The number of carbonyl (C=O) groups is 1. The fraction of sp³-hybridized carbons (Fsp3) is 0.200. The van der Waals surface area contributed by atoms with Gasteiger partial charge in [-0.3, -0.25) is 4.79 Å². The maximum absolute atomic E-state index is 12.7. The molecule has 1 amide bonds. The van der Waals surface area contributed by atoms with Crippen molar-refractivity contribution < 1.29 is 19.7 Å². The first-order chi connectivity index (χ1) is 15.5. The molecular weight excluding hydrogens is 463 g/mol. The molecule has 1 fully saturated rings. The summed E-state index contributed by atoms with van der Waals surface area (Å²) in [5.41, 5.74) is 4.33. The van der Waals surface area contributed by atoms with Crippen molar-refractivity contribution in [3.8, 4) is 17.0 Å². The van der Waals surface area contributed by atoms with Crippen LogP contribution in [-0.2, 0) is 10.2 Å². The first-order valence-electron chi connectivity index (χ1n) is 10.3. The summed E-state index contributed by atoms with van der Waals surface area (Å²) in [6.07, 6.45) is 3.44. The Bertz CT molecular complexity index is 1250. The number of halogens is 2. The molecular formula is C25H22Cl2N2O4. The van der Waals surface area contributed by atoms with Crippen LogP contribution in [-0.4, -0.2) is 34.8 Å². The van der Waals surface area contributed by atoms with E-state index in [1.54, 1.807) is 18.2 Å². The smallest absolute Gasteiger partial charge is 0.260 e. The van der Waals surface area contributed by atoms with Crippen LogP contribution >= 0.6 is 24.0 Å². The van der Waals surface area contributed by atoms with Crippen molar-refractivity contribution in [1.82, 2.24) is 4.98 Å². The van der Waals surface area contributed by atoms with E-state index in [2.05, 4.69) is 10.3 Å². The van der Waals surface area contributed by atoms with Crippen LogP contribution in [0.15, 0.2) is 54.7 Å². The van der Waals surface area contributed by atoms with Gasteiger partial charge in [0.25, 0.3) is 5.91 Å². The molecule has 170 valence electrons. The zero-order chi connectivity index (χ0) is 22.5. The van der Waals surface area contributed by atoms with Crippen molar-refractivity contribution in [2.45, 2.75) is 18.3 Å². The molecule has 8 heteroatoms. The van der Waals surface area contributed by atoms with Crippen molar-refractivity contribution >= 4 is 46.9 Å². The van der Waals surface area contributed by atoms with Gasteiger partial charge in [0.15, 0.2) is 0 Å². The van der Waals surface area contributed by atoms with Crippen molar-refractivity contribution in [3.63, 3.8) is 0 Å². The van der Waals surface area contributed by atoms with Crippen molar-refractivity contribution in [2.75, 3.05) is 19.0 Å². The Morgan fingerprint density at radius 2 is 1.88 bits per heavy atom. The molecule has 0 spiro atoms. The minimum absolute atomic E-state index is 0. The highest BCUT2D eigenvalue weighted by Gasteiger charge is 2.43.